The van der Waals surface area contributed by atoms with E-state index in [0.29, 0.717) is 0 Å². The van der Waals surface area contributed by atoms with E-state index in [4.69, 9.17) is 8.85 Å². The highest BCUT2D eigenvalue weighted by molar-refractivity contribution is 6.48. The maximum Gasteiger partial charge on any atom is 0.327 e. The molecule has 0 N–H and O–H groups in total. The summed E-state index contributed by atoms with van der Waals surface area (Å²) in [6.07, 6.45) is 5.84. The van der Waals surface area contributed by atoms with Gasteiger partial charge in [0.2, 0.25) is 0 Å². The Morgan fingerprint density at radius 3 is 1.62 bits per heavy atom. The van der Waals surface area contributed by atoms with Gasteiger partial charge in [0.25, 0.3) is 0 Å². The third kappa shape index (κ3) is 6.66. The topological polar surface area (TPSA) is 18.5 Å². The summed E-state index contributed by atoms with van der Waals surface area (Å²) in [5.41, 5.74) is 0. The van der Waals surface area contributed by atoms with Crippen LogP contribution in [0, 0.1) is 0 Å². The van der Waals surface area contributed by atoms with Crippen LogP contribution < -0.4 is 0 Å². The molecule has 0 spiro atoms. The number of hydrogen-bond acceptors (Lipinski definition) is 2. The van der Waals surface area contributed by atoms with E-state index in [2.05, 4.69) is 34.6 Å². The van der Waals surface area contributed by atoms with Gasteiger partial charge in [-0.1, -0.05) is 47.5 Å². The van der Waals surface area contributed by atoms with Gasteiger partial charge in [0, 0.05) is 18.3 Å². The maximum atomic E-state index is 6.00. The van der Waals surface area contributed by atoms with E-state index in [-0.39, 0.29) is 5.04 Å². The highest BCUT2D eigenvalue weighted by atomic mass is 28.3. The van der Waals surface area contributed by atoms with Gasteiger partial charge in [0.05, 0.1) is 0 Å². The summed E-state index contributed by atoms with van der Waals surface area (Å²) in [5.74, 6) is 0. The second-order valence-corrected chi connectivity index (χ2v) is 8.02. The minimum absolute atomic E-state index is 0.251. The Labute approximate surface area is 104 Å². The molecule has 0 amide bonds. The van der Waals surface area contributed by atoms with Crippen LogP contribution in [-0.2, 0) is 8.85 Å². The minimum atomic E-state index is -1.51. The molecule has 0 aromatic heterocycles. The molecule has 0 aliphatic heterocycles. The van der Waals surface area contributed by atoms with Crippen molar-refractivity contribution in [3.05, 3.63) is 0 Å². The lowest BCUT2D eigenvalue weighted by molar-refractivity contribution is 0.169. The number of hydrogen-bond donors (Lipinski definition) is 0. The van der Waals surface area contributed by atoms with E-state index in [1.807, 2.05) is 0 Å². The smallest absolute Gasteiger partial charge is 0.327 e. The summed E-state index contributed by atoms with van der Waals surface area (Å²) in [4.78, 5) is 0. The Balaban J connectivity index is 4.05. The van der Waals surface area contributed by atoms with Crippen LogP contribution in [0.15, 0.2) is 0 Å². The summed E-state index contributed by atoms with van der Waals surface area (Å²) in [6.45, 7) is 12.9. The molecule has 3 heteroatoms. The fourth-order valence-electron chi connectivity index (χ4n) is 1.34. The molecule has 0 aliphatic rings. The number of rotatable bonds is 10. The van der Waals surface area contributed by atoms with Crippen molar-refractivity contribution < 1.29 is 8.85 Å². The predicted octanol–water partition coefficient (Wildman–Crippen LogP) is 4.03. The van der Waals surface area contributed by atoms with Gasteiger partial charge in [0.15, 0.2) is 0 Å². The molecule has 0 bridgehead atoms. The first-order valence-corrected chi connectivity index (χ1v) is 8.33. The van der Waals surface area contributed by atoms with Crippen LogP contribution in [0.3, 0.4) is 0 Å². The van der Waals surface area contributed by atoms with Gasteiger partial charge in [-0.25, -0.2) is 0 Å². The zero-order valence-electron chi connectivity index (χ0n) is 11.8. The maximum absolute atomic E-state index is 6.00. The Kier molecular flexibility index (Phi) is 9.28. The molecule has 0 rings (SSSR count). The fourth-order valence-corrected chi connectivity index (χ4v) is 3.43. The summed E-state index contributed by atoms with van der Waals surface area (Å²) < 4.78 is 12.0. The van der Waals surface area contributed by atoms with Crippen molar-refractivity contribution in [2.24, 2.45) is 0 Å². The van der Waals surface area contributed by atoms with Crippen LogP contribution >= 0.6 is 0 Å². The first-order valence-electron chi connectivity index (χ1n) is 6.81. The highest BCUT2D eigenvalue weighted by Crippen LogP contribution is 2.33. The Morgan fingerprint density at radius 2 is 1.31 bits per heavy atom. The molecular weight excluding hydrogens is 216 g/mol. The van der Waals surface area contributed by atoms with Crippen molar-refractivity contribution >= 4 is 9.28 Å². The van der Waals surface area contributed by atoms with E-state index in [9.17, 15) is 0 Å². The van der Waals surface area contributed by atoms with Crippen LogP contribution in [0.1, 0.15) is 66.7 Å². The van der Waals surface area contributed by atoms with Crippen LogP contribution in [0.4, 0.5) is 0 Å². The molecule has 0 fully saturated rings. The van der Waals surface area contributed by atoms with Gasteiger partial charge in [0.1, 0.15) is 0 Å². The van der Waals surface area contributed by atoms with Crippen molar-refractivity contribution in [3.63, 3.8) is 0 Å². The molecule has 0 unspecified atom stereocenters. The average molecular weight is 246 g/mol. The SMILES string of the molecule is CCCCO[SiH](OCCCC)C(C)(C)CC. The van der Waals surface area contributed by atoms with Crippen molar-refractivity contribution in [3.8, 4) is 0 Å². The molecule has 0 aliphatic carbocycles. The van der Waals surface area contributed by atoms with E-state index in [1.165, 1.54) is 12.8 Å². The van der Waals surface area contributed by atoms with Gasteiger partial charge >= 0.3 is 9.28 Å². The first kappa shape index (κ1) is 16.1. The van der Waals surface area contributed by atoms with Gasteiger partial charge < -0.3 is 8.85 Å². The van der Waals surface area contributed by atoms with Crippen molar-refractivity contribution in [2.75, 3.05) is 13.2 Å². The number of unbranched alkanes of at least 4 members (excludes halogenated alkanes) is 2. The Hall–Kier alpha value is 0.137. The molecule has 16 heavy (non-hydrogen) atoms. The van der Waals surface area contributed by atoms with Crippen LogP contribution in [0.2, 0.25) is 5.04 Å². The van der Waals surface area contributed by atoms with E-state index < -0.39 is 9.28 Å². The van der Waals surface area contributed by atoms with Gasteiger partial charge in [-0.2, -0.15) is 0 Å². The molecule has 0 saturated heterocycles. The molecule has 2 nitrogen and oxygen atoms in total. The summed E-state index contributed by atoms with van der Waals surface area (Å²) in [7, 11) is -1.51. The third-order valence-corrected chi connectivity index (χ3v) is 5.84. The molecule has 0 aromatic rings. The molecule has 0 saturated carbocycles. The van der Waals surface area contributed by atoms with Gasteiger partial charge in [-0.05, 0) is 19.3 Å². The van der Waals surface area contributed by atoms with Crippen molar-refractivity contribution in [1.82, 2.24) is 0 Å². The second-order valence-electron chi connectivity index (χ2n) is 5.12. The van der Waals surface area contributed by atoms with Crippen LogP contribution in [-0.4, -0.2) is 22.5 Å². The lowest BCUT2D eigenvalue weighted by Gasteiger charge is -2.31. The fraction of sp³-hybridized carbons (Fsp3) is 1.00. The predicted molar refractivity (Wildman–Crippen MR) is 73.2 cm³/mol. The van der Waals surface area contributed by atoms with Crippen molar-refractivity contribution in [1.29, 1.82) is 0 Å². The highest BCUT2D eigenvalue weighted by Gasteiger charge is 2.32. The normalized spacial score (nSPS) is 12.4. The van der Waals surface area contributed by atoms with E-state index in [1.54, 1.807) is 0 Å². The summed E-state index contributed by atoms with van der Waals surface area (Å²) in [5, 5.41) is 0.251. The third-order valence-electron chi connectivity index (χ3n) is 3.08. The second kappa shape index (κ2) is 9.20. The first-order chi connectivity index (χ1) is 7.58. The Bertz CT molecular complexity index is 150. The molecule has 0 heterocycles. The zero-order valence-corrected chi connectivity index (χ0v) is 13.0. The molecule has 0 radical (unpaired) electrons. The molecule has 0 atom stereocenters. The minimum Gasteiger partial charge on any atom is -0.396 e. The molecular formula is C13H30O2Si. The monoisotopic (exact) mass is 246 g/mol. The van der Waals surface area contributed by atoms with Gasteiger partial charge in [-0.3, -0.25) is 0 Å². The van der Waals surface area contributed by atoms with Crippen LogP contribution in [0.25, 0.3) is 0 Å². The van der Waals surface area contributed by atoms with Crippen LogP contribution in [0.5, 0.6) is 0 Å². The largest absolute Gasteiger partial charge is 0.396 e. The Morgan fingerprint density at radius 1 is 0.875 bits per heavy atom. The summed E-state index contributed by atoms with van der Waals surface area (Å²) >= 11 is 0. The van der Waals surface area contributed by atoms with E-state index >= 15 is 0 Å². The lowest BCUT2D eigenvalue weighted by Crippen LogP contribution is -2.35. The quantitative estimate of drug-likeness (QED) is 0.428. The molecule has 0 aromatic carbocycles. The average Bonchev–Trinajstić information content (AvgIpc) is 2.27. The van der Waals surface area contributed by atoms with Gasteiger partial charge in [-0.15, -0.1) is 0 Å². The molecule has 98 valence electrons. The van der Waals surface area contributed by atoms with E-state index in [0.717, 1.165) is 32.5 Å². The zero-order chi connectivity index (χ0) is 12.4. The van der Waals surface area contributed by atoms with Crippen molar-refractivity contribution in [2.45, 2.75) is 71.8 Å². The lowest BCUT2D eigenvalue weighted by atomic mass is 10.1. The summed E-state index contributed by atoms with van der Waals surface area (Å²) in [6, 6.07) is 0. The standard InChI is InChI=1S/C13H30O2Si/c1-6-9-11-14-16(13(4,5)8-3)15-12-10-7-2/h16H,6-12H2,1-5H3.